The Kier molecular flexibility index (Phi) is 13.5. The van der Waals surface area contributed by atoms with Crippen LogP contribution in [0.4, 0.5) is 0 Å². The molecule has 2 rings (SSSR count). The van der Waals surface area contributed by atoms with Gasteiger partial charge in [-0.15, -0.1) is 13.2 Å². The Hall–Kier alpha value is -0.623. The lowest BCUT2D eigenvalue weighted by molar-refractivity contribution is -0.155. The summed E-state index contributed by atoms with van der Waals surface area (Å²) in [4.78, 5) is 0. The van der Waals surface area contributed by atoms with Gasteiger partial charge < -0.3 is 38.7 Å². The van der Waals surface area contributed by atoms with Crippen molar-refractivity contribution in [1.82, 2.24) is 0 Å². The minimum absolute atomic E-state index is 0.0391. The van der Waals surface area contributed by atoms with Crippen LogP contribution in [0.25, 0.3) is 0 Å². The summed E-state index contributed by atoms with van der Waals surface area (Å²) in [5.41, 5.74) is 0. The maximum Gasteiger partial charge on any atom is 0.192 e. The molecule has 0 aliphatic carbocycles. The van der Waals surface area contributed by atoms with Gasteiger partial charge in [0.05, 0.1) is 37.6 Å². The average molecular weight is 575 g/mol. The summed E-state index contributed by atoms with van der Waals surface area (Å²) in [6, 6.07) is 0. The van der Waals surface area contributed by atoms with Crippen molar-refractivity contribution in [2.45, 2.75) is 141 Å². The molecule has 9 heteroatoms. The molecule has 0 unspecified atom stereocenters. The monoisotopic (exact) mass is 574 g/mol. The summed E-state index contributed by atoms with van der Waals surface area (Å²) in [5, 5.41) is 29.5. The zero-order chi connectivity index (χ0) is 30.4. The summed E-state index contributed by atoms with van der Waals surface area (Å²) in [6.07, 6.45) is 2.49. The first kappa shape index (κ1) is 36.4. The fourth-order valence-electron chi connectivity index (χ4n) is 4.60. The van der Waals surface area contributed by atoms with E-state index in [1.54, 1.807) is 12.2 Å². The van der Waals surface area contributed by atoms with Crippen molar-refractivity contribution < 1.29 is 38.7 Å². The Morgan fingerprint density at radius 3 is 1.56 bits per heavy atom. The van der Waals surface area contributed by atoms with Gasteiger partial charge >= 0.3 is 0 Å². The minimum atomic E-state index is -1.84. The van der Waals surface area contributed by atoms with Gasteiger partial charge in [-0.2, -0.15) is 0 Å². The molecule has 0 spiro atoms. The Balaban J connectivity index is 0.000000416. The Morgan fingerprint density at radius 2 is 1.21 bits per heavy atom. The predicted octanol–water partition coefficient (Wildman–Crippen LogP) is 5.17. The molecule has 2 heterocycles. The molecule has 2 fully saturated rings. The van der Waals surface area contributed by atoms with E-state index in [-0.39, 0.29) is 47.9 Å². The summed E-state index contributed by atoms with van der Waals surface area (Å²) in [7, 11) is -1.84. The second-order valence-electron chi connectivity index (χ2n) is 13.4. The predicted molar refractivity (Wildman–Crippen MR) is 158 cm³/mol. The molecule has 8 nitrogen and oxygen atoms in total. The highest BCUT2D eigenvalue weighted by molar-refractivity contribution is 6.74. The number of aliphatic hydroxyl groups is 3. The molecule has 0 bridgehead atoms. The lowest BCUT2D eigenvalue weighted by Gasteiger charge is -2.37. The van der Waals surface area contributed by atoms with Crippen LogP contribution in [0, 0.1) is 11.8 Å². The Labute approximate surface area is 238 Å². The fraction of sp³-hybridized carbons (Fsp3) is 0.867. The largest absolute Gasteiger partial charge is 0.414 e. The van der Waals surface area contributed by atoms with Gasteiger partial charge in [0.15, 0.2) is 19.9 Å². The Morgan fingerprint density at radius 1 is 0.821 bits per heavy atom. The van der Waals surface area contributed by atoms with Gasteiger partial charge in [0, 0.05) is 11.8 Å². The van der Waals surface area contributed by atoms with Gasteiger partial charge in [0.2, 0.25) is 0 Å². The third-order valence-electron chi connectivity index (χ3n) is 8.10. The number of hydrogen-bond donors (Lipinski definition) is 3. The SMILES string of the molecule is C=CC[C@H](O)[C@H](C)[C@H]1OC(C)(C)O[C@H]1CO.C=CC[C@H](O)[C@H](C)[C@H]1OC(C)(C)O[C@H]1CO[Si](C)(C)C(C)(C)C. The molecule has 230 valence electrons. The summed E-state index contributed by atoms with van der Waals surface area (Å²) in [5.74, 6) is -1.48. The molecule has 0 amide bonds. The zero-order valence-electron chi connectivity index (χ0n) is 26.4. The highest BCUT2D eigenvalue weighted by atomic mass is 28.4. The molecule has 0 aromatic carbocycles. The average Bonchev–Trinajstić information content (AvgIpc) is 3.30. The molecule has 0 aromatic heterocycles. The van der Waals surface area contributed by atoms with Crippen molar-refractivity contribution in [3.05, 3.63) is 25.3 Å². The fourth-order valence-corrected chi connectivity index (χ4v) is 5.62. The molecule has 0 radical (unpaired) electrons. The summed E-state index contributed by atoms with van der Waals surface area (Å²) < 4.78 is 29.7. The molecule has 0 saturated carbocycles. The topological polar surface area (TPSA) is 107 Å². The molecule has 2 saturated heterocycles. The lowest BCUT2D eigenvalue weighted by Crippen LogP contribution is -2.45. The molecule has 0 aromatic rings. The van der Waals surface area contributed by atoms with E-state index in [2.05, 4.69) is 47.0 Å². The van der Waals surface area contributed by atoms with Crippen LogP contribution < -0.4 is 0 Å². The number of rotatable bonds is 12. The number of hydrogen-bond acceptors (Lipinski definition) is 8. The van der Waals surface area contributed by atoms with Crippen LogP contribution in [0.5, 0.6) is 0 Å². The molecular weight excluding hydrogens is 516 g/mol. The minimum Gasteiger partial charge on any atom is -0.414 e. The van der Waals surface area contributed by atoms with Crippen LogP contribution in [-0.4, -0.2) is 85.0 Å². The van der Waals surface area contributed by atoms with Gasteiger partial charge in [0.25, 0.3) is 0 Å². The van der Waals surface area contributed by atoms with Crippen molar-refractivity contribution >= 4 is 8.32 Å². The van der Waals surface area contributed by atoms with Crippen LogP contribution in [0.3, 0.4) is 0 Å². The molecule has 2 aliphatic heterocycles. The second kappa shape index (κ2) is 14.5. The van der Waals surface area contributed by atoms with E-state index in [1.165, 1.54) is 0 Å². The van der Waals surface area contributed by atoms with Crippen molar-refractivity contribution in [1.29, 1.82) is 0 Å². The van der Waals surface area contributed by atoms with Crippen molar-refractivity contribution in [2.24, 2.45) is 11.8 Å². The quantitative estimate of drug-likeness (QED) is 0.216. The van der Waals surface area contributed by atoms with E-state index >= 15 is 0 Å². The molecule has 3 N–H and O–H groups in total. The van der Waals surface area contributed by atoms with Crippen LogP contribution in [0.1, 0.15) is 75.2 Å². The maximum atomic E-state index is 10.3. The van der Waals surface area contributed by atoms with E-state index < -0.39 is 32.1 Å². The summed E-state index contributed by atoms with van der Waals surface area (Å²) in [6.45, 7) is 30.2. The molecule has 39 heavy (non-hydrogen) atoms. The van der Waals surface area contributed by atoms with Gasteiger partial charge in [-0.3, -0.25) is 0 Å². The zero-order valence-corrected chi connectivity index (χ0v) is 27.4. The van der Waals surface area contributed by atoms with Gasteiger partial charge in [-0.05, 0) is 58.7 Å². The maximum absolute atomic E-state index is 10.3. The van der Waals surface area contributed by atoms with Crippen molar-refractivity contribution in [2.75, 3.05) is 13.2 Å². The lowest BCUT2D eigenvalue weighted by atomic mass is 9.92. The second-order valence-corrected chi connectivity index (χ2v) is 18.2. The smallest absolute Gasteiger partial charge is 0.192 e. The van der Waals surface area contributed by atoms with Crippen molar-refractivity contribution in [3.8, 4) is 0 Å². The van der Waals surface area contributed by atoms with Gasteiger partial charge in [-0.1, -0.05) is 46.8 Å². The van der Waals surface area contributed by atoms with E-state index in [9.17, 15) is 15.3 Å². The highest BCUT2D eigenvalue weighted by Gasteiger charge is 2.47. The van der Waals surface area contributed by atoms with Crippen LogP contribution in [0.2, 0.25) is 18.1 Å². The highest BCUT2D eigenvalue weighted by Crippen LogP contribution is 2.39. The van der Waals surface area contributed by atoms with Crippen molar-refractivity contribution in [3.63, 3.8) is 0 Å². The molecule has 8 atom stereocenters. The first-order chi connectivity index (χ1) is 17.7. The van der Waals surface area contributed by atoms with E-state index in [4.69, 9.17) is 23.4 Å². The van der Waals surface area contributed by atoms with E-state index in [1.807, 2.05) is 41.5 Å². The van der Waals surface area contributed by atoms with E-state index in [0.717, 1.165) is 0 Å². The third-order valence-corrected chi connectivity index (χ3v) is 12.6. The van der Waals surface area contributed by atoms with Crippen LogP contribution in [-0.2, 0) is 23.4 Å². The first-order valence-corrected chi connectivity index (χ1v) is 17.2. The van der Waals surface area contributed by atoms with Gasteiger partial charge in [-0.25, -0.2) is 0 Å². The summed E-state index contributed by atoms with van der Waals surface area (Å²) >= 11 is 0. The first-order valence-electron chi connectivity index (χ1n) is 14.3. The molecular formula is C30H58O8Si. The molecule has 2 aliphatic rings. The number of aliphatic hydroxyl groups excluding tert-OH is 3. The van der Waals surface area contributed by atoms with Crippen LogP contribution in [0.15, 0.2) is 25.3 Å². The van der Waals surface area contributed by atoms with Crippen LogP contribution >= 0.6 is 0 Å². The van der Waals surface area contributed by atoms with Gasteiger partial charge in [0.1, 0.15) is 12.2 Å². The van der Waals surface area contributed by atoms with E-state index in [0.29, 0.717) is 19.4 Å². The Bertz CT molecular complexity index is 763. The standard InChI is InChI=1S/C18H36O4Si.C12H22O4/c1-10-11-14(19)13(2)16-15(21-18(6,7)22-16)12-20-23(8,9)17(3,4)5;1-5-6-9(14)8(2)11-10(7-13)15-12(3,4)16-11/h10,13-16,19H,1,11-12H2,2-9H3;5,8-11,13-14H,1,6-7H2,2-4H3/t13-,14-,15-,16+;8-,9-,10-,11+/m00/s1. The normalized spacial score (nSPS) is 29.6. The number of ether oxygens (including phenoxy) is 4. The third kappa shape index (κ3) is 10.6.